The van der Waals surface area contributed by atoms with Gasteiger partial charge in [-0.25, -0.2) is 9.78 Å². The van der Waals surface area contributed by atoms with Crippen molar-refractivity contribution in [1.82, 2.24) is 10.3 Å². The van der Waals surface area contributed by atoms with Crippen molar-refractivity contribution in [2.75, 3.05) is 0 Å². The molecule has 0 fully saturated rings. The smallest absolute Gasteiger partial charge is 0.347 e. The lowest BCUT2D eigenvalue weighted by molar-refractivity contribution is 0.0701. The Bertz CT molecular complexity index is 505. The normalized spacial score (nSPS) is 10.6. The van der Waals surface area contributed by atoms with Gasteiger partial charge in [-0.1, -0.05) is 0 Å². The van der Waals surface area contributed by atoms with E-state index >= 15 is 0 Å². The maximum atomic E-state index is 10.8. The predicted molar refractivity (Wildman–Crippen MR) is 63.1 cm³/mol. The summed E-state index contributed by atoms with van der Waals surface area (Å²) in [5, 5.41) is 12.8. The molecular formula is C11H12N2O3S. The molecule has 0 unspecified atom stereocenters. The highest BCUT2D eigenvalue weighted by atomic mass is 32.1. The van der Waals surface area contributed by atoms with Gasteiger partial charge in [0.25, 0.3) is 0 Å². The monoisotopic (exact) mass is 252 g/mol. The number of aromatic nitrogens is 1. The van der Waals surface area contributed by atoms with E-state index in [4.69, 9.17) is 9.52 Å². The van der Waals surface area contributed by atoms with Crippen LogP contribution < -0.4 is 5.32 Å². The van der Waals surface area contributed by atoms with E-state index in [9.17, 15) is 4.79 Å². The van der Waals surface area contributed by atoms with Gasteiger partial charge in [-0.05, 0) is 19.1 Å². The van der Waals surface area contributed by atoms with Crippen LogP contribution in [0, 0.1) is 6.92 Å². The number of carbonyl (C=O) groups is 1. The summed E-state index contributed by atoms with van der Waals surface area (Å²) in [6, 6.07) is 3.70. The van der Waals surface area contributed by atoms with E-state index < -0.39 is 5.97 Å². The molecule has 0 spiro atoms. The fourth-order valence-electron chi connectivity index (χ4n) is 1.43. The van der Waals surface area contributed by atoms with Gasteiger partial charge in [0, 0.05) is 6.54 Å². The molecule has 2 rings (SSSR count). The highest BCUT2D eigenvalue weighted by Gasteiger charge is 2.13. The molecule has 2 heterocycles. The maximum absolute atomic E-state index is 10.8. The van der Waals surface area contributed by atoms with Crippen molar-refractivity contribution >= 4 is 17.3 Å². The Morgan fingerprint density at radius 2 is 2.41 bits per heavy atom. The van der Waals surface area contributed by atoms with Gasteiger partial charge in [0.05, 0.1) is 18.5 Å². The molecule has 2 aromatic heterocycles. The number of nitrogens with one attached hydrogen (secondary N) is 1. The average Bonchev–Trinajstić information content (AvgIpc) is 2.88. The van der Waals surface area contributed by atoms with Crippen molar-refractivity contribution < 1.29 is 14.3 Å². The fraction of sp³-hybridized carbons (Fsp3) is 0.273. The molecule has 0 amide bonds. The molecule has 0 radical (unpaired) electrons. The molecule has 0 atom stereocenters. The van der Waals surface area contributed by atoms with E-state index in [1.54, 1.807) is 13.2 Å². The molecule has 2 N–H and O–H groups in total. The van der Waals surface area contributed by atoms with Crippen LogP contribution in [0.15, 0.2) is 22.8 Å². The molecule has 0 aliphatic heterocycles. The molecule has 0 aliphatic carbocycles. The molecular weight excluding hydrogens is 240 g/mol. The van der Waals surface area contributed by atoms with E-state index in [0.717, 1.165) is 10.8 Å². The first-order chi connectivity index (χ1) is 8.16. The Morgan fingerprint density at radius 1 is 1.59 bits per heavy atom. The quantitative estimate of drug-likeness (QED) is 0.851. The van der Waals surface area contributed by atoms with E-state index in [2.05, 4.69) is 10.3 Å². The summed E-state index contributed by atoms with van der Waals surface area (Å²) in [4.78, 5) is 15.3. The number of thiazole rings is 1. The highest BCUT2D eigenvalue weighted by molar-refractivity contribution is 7.13. The first kappa shape index (κ1) is 11.8. The van der Waals surface area contributed by atoms with Gasteiger partial charge in [0.2, 0.25) is 0 Å². The number of furan rings is 1. The fourth-order valence-corrected chi connectivity index (χ4v) is 2.31. The summed E-state index contributed by atoms with van der Waals surface area (Å²) < 4.78 is 5.16. The Labute approximate surface area is 102 Å². The second-order valence-corrected chi connectivity index (χ2v) is 4.59. The van der Waals surface area contributed by atoms with Crippen molar-refractivity contribution in [2.24, 2.45) is 0 Å². The lowest BCUT2D eigenvalue weighted by Gasteiger charge is -1.98. The minimum atomic E-state index is -0.919. The van der Waals surface area contributed by atoms with E-state index in [0.29, 0.717) is 23.7 Å². The van der Waals surface area contributed by atoms with E-state index in [-0.39, 0.29) is 0 Å². The Hall–Kier alpha value is -1.66. The Balaban J connectivity index is 1.91. The zero-order valence-electron chi connectivity index (χ0n) is 9.27. The maximum Gasteiger partial charge on any atom is 0.347 e. The number of hydrogen-bond donors (Lipinski definition) is 2. The van der Waals surface area contributed by atoms with Crippen molar-refractivity contribution in [2.45, 2.75) is 20.0 Å². The van der Waals surface area contributed by atoms with Crippen LogP contribution in [0.25, 0.3) is 0 Å². The SMILES string of the molecule is Cc1nc(CNCc2ccco2)sc1C(=O)O. The summed E-state index contributed by atoms with van der Waals surface area (Å²) in [6.45, 7) is 2.85. The molecule has 0 bridgehead atoms. The Morgan fingerprint density at radius 3 is 3.00 bits per heavy atom. The summed E-state index contributed by atoms with van der Waals surface area (Å²) in [6.07, 6.45) is 1.62. The molecule has 0 saturated heterocycles. The first-order valence-electron chi connectivity index (χ1n) is 5.09. The third kappa shape index (κ3) is 2.92. The number of carboxylic acids is 1. The topological polar surface area (TPSA) is 75.4 Å². The van der Waals surface area contributed by atoms with Gasteiger partial charge in [0.15, 0.2) is 0 Å². The lowest BCUT2D eigenvalue weighted by Crippen LogP contribution is -2.11. The zero-order valence-corrected chi connectivity index (χ0v) is 10.1. The van der Waals surface area contributed by atoms with Gasteiger partial charge in [-0.15, -0.1) is 11.3 Å². The largest absolute Gasteiger partial charge is 0.477 e. The van der Waals surface area contributed by atoms with Gasteiger partial charge < -0.3 is 14.8 Å². The molecule has 2 aromatic rings. The number of carboxylic acid groups (broad SMARTS) is 1. The third-order valence-electron chi connectivity index (χ3n) is 2.19. The van der Waals surface area contributed by atoms with Crippen molar-refractivity contribution in [3.8, 4) is 0 Å². The standard InChI is InChI=1S/C11H12N2O3S/c1-7-10(11(14)15)17-9(13-7)6-12-5-8-3-2-4-16-8/h2-4,12H,5-6H2,1H3,(H,14,15). The minimum absolute atomic E-state index is 0.305. The molecule has 0 saturated carbocycles. The van der Waals surface area contributed by atoms with Crippen LogP contribution in [-0.2, 0) is 13.1 Å². The van der Waals surface area contributed by atoms with Gasteiger partial charge in [-0.3, -0.25) is 0 Å². The zero-order chi connectivity index (χ0) is 12.3. The molecule has 17 heavy (non-hydrogen) atoms. The van der Waals surface area contributed by atoms with Crippen LogP contribution in [0.1, 0.15) is 26.1 Å². The van der Waals surface area contributed by atoms with E-state index in [1.165, 1.54) is 11.3 Å². The van der Waals surface area contributed by atoms with Crippen molar-refractivity contribution in [3.05, 3.63) is 39.7 Å². The van der Waals surface area contributed by atoms with Crippen molar-refractivity contribution in [1.29, 1.82) is 0 Å². The molecule has 90 valence electrons. The number of nitrogens with zero attached hydrogens (tertiary/aromatic N) is 1. The summed E-state index contributed by atoms with van der Waals surface area (Å²) in [7, 11) is 0. The van der Waals surface area contributed by atoms with Crippen LogP contribution in [0.4, 0.5) is 0 Å². The highest BCUT2D eigenvalue weighted by Crippen LogP contribution is 2.17. The van der Waals surface area contributed by atoms with Crippen molar-refractivity contribution in [3.63, 3.8) is 0 Å². The summed E-state index contributed by atoms with van der Waals surface area (Å²) in [5.41, 5.74) is 0.567. The van der Waals surface area contributed by atoms with Crippen LogP contribution >= 0.6 is 11.3 Å². The van der Waals surface area contributed by atoms with Crippen LogP contribution in [0.5, 0.6) is 0 Å². The van der Waals surface area contributed by atoms with Gasteiger partial charge in [0.1, 0.15) is 15.6 Å². The van der Waals surface area contributed by atoms with Crippen LogP contribution in [-0.4, -0.2) is 16.1 Å². The second kappa shape index (κ2) is 5.11. The first-order valence-corrected chi connectivity index (χ1v) is 5.91. The lowest BCUT2D eigenvalue weighted by atomic mass is 10.4. The molecule has 5 nitrogen and oxygen atoms in total. The number of aryl methyl sites for hydroxylation is 1. The second-order valence-electron chi connectivity index (χ2n) is 3.51. The predicted octanol–water partition coefficient (Wildman–Crippen LogP) is 2.03. The number of hydrogen-bond acceptors (Lipinski definition) is 5. The average molecular weight is 252 g/mol. The van der Waals surface area contributed by atoms with Gasteiger partial charge in [-0.2, -0.15) is 0 Å². The Kier molecular flexibility index (Phi) is 3.55. The van der Waals surface area contributed by atoms with Gasteiger partial charge >= 0.3 is 5.97 Å². The third-order valence-corrected chi connectivity index (χ3v) is 3.34. The summed E-state index contributed by atoms with van der Waals surface area (Å²) in [5.74, 6) is -0.0750. The number of rotatable bonds is 5. The minimum Gasteiger partial charge on any atom is -0.477 e. The molecule has 0 aliphatic rings. The molecule has 6 heteroatoms. The summed E-state index contributed by atoms with van der Waals surface area (Å²) >= 11 is 1.20. The number of aromatic carboxylic acids is 1. The van der Waals surface area contributed by atoms with Crippen LogP contribution in [0.2, 0.25) is 0 Å². The molecule has 0 aromatic carbocycles. The van der Waals surface area contributed by atoms with Crippen LogP contribution in [0.3, 0.4) is 0 Å². The van der Waals surface area contributed by atoms with E-state index in [1.807, 2.05) is 12.1 Å².